The first-order valence-electron chi connectivity index (χ1n) is 7.14. The number of rotatable bonds is 1. The number of carbonyl (C=O) groups excluding carboxylic acids is 1. The van der Waals surface area contributed by atoms with E-state index in [9.17, 15) is 9.90 Å². The summed E-state index contributed by atoms with van der Waals surface area (Å²) in [6.45, 7) is 1.60. The van der Waals surface area contributed by atoms with E-state index in [1.807, 2.05) is 4.90 Å². The molecule has 1 N–H and O–H groups in total. The van der Waals surface area contributed by atoms with Crippen LogP contribution in [0, 0.1) is 5.41 Å². The van der Waals surface area contributed by atoms with Crippen LogP contribution in [0.5, 0.6) is 5.75 Å². The molecule has 4 nitrogen and oxygen atoms in total. The van der Waals surface area contributed by atoms with Gasteiger partial charge in [0.2, 0.25) is 0 Å². The van der Waals surface area contributed by atoms with Crippen molar-refractivity contribution in [3.05, 3.63) is 24.0 Å². The van der Waals surface area contributed by atoms with E-state index in [1.54, 1.807) is 12.3 Å². The predicted molar refractivity (Wildman–Crippen MR) is 71.9 cm³/mol. The molecule has 0 aromatic carbocycles. The number of nitrogens with zero attached hydrogens (tertiary/aromatic N) is 2. The number of pyridine rings is 1. The maximum Gasteiger partial charge on any atom is 0.276 e. The van der Waals surface area contributed by atoms with Crippen LogP contribution < -0.4 is 0 Å². The van der Waals surface area contributed by atoms with Gasteiger partial charge in [0.05, 0.1) is 0 Å². The SMILES string of the molecule is O=C(c1ncccc1O)N1CCC2(CCCC2)CC1. The molecule has 4 heteroatoms. The molecule has 0 bridgehead atoms. The lowest BCUT2D eigenvalue weighted by atomic mass is 9.77. The molecule has 3 rings (SSSR count). The molecule has 1 saturated heterocycles. The summed E-state index contributed by atoms with van der Waals surface area (Å²) in [5, 5.41) is 9.71. The van der Waals surface area contributed by atoms with Gasteiger partial charge in [-0.3, -0.25) is 4.79 Å². The van der Waals surface area contributed by atoms with Gasteiger partial charge in [0.15, 0.2) is 5.69 Å². The van der Waals surface area contributed by atoms with Crippen molar-refractivity contribution < 1.29 is 9.90 Å². The van der Waals surface area contributed by atoms with Gasteiger partial charge in [0.25, 0.3) is 5.91 Å². The third-order valence-electron chi connectivity index (χ3n) is 4.76. The Hall–Kier alpha value is -1.58. The predicted octanol–water partition coefficient (Wildman–Crippen LogP) is 2.58. The molecule has 1 saturated carbocycles. The molecule has 2 aliphatic rings. The van der Waals surface area contributed by atoms with Crippen molar-refractivity contribution in [3.63, 3.8) is 0 Å². The first-order chi connectivity index (χ1) is 9.20. The lowest BCUT2D eigenvalue weighted by Gasteiger charge is -2.39. The molecule has 0 atom stereocenters. The molecule has 2 heterocycles. The van der Waals surface area contributed by atoms with E-state index in [4.69, 9.17) is 0 Å². The van der Waals surface area contributed by atoms with Crippen LogP contribution in [0.3, 0.4) is 0 Å². The van der Waals surface area contributed by atoms with Gasteiger partial charge in [0, 0.05) is 19.3 Å². The average Bonchev–Trinajstić information content (AvgIpc) is 2.88. The molecule has 102 valence electrons. The second-order valence-corrected chi connectivity index (χ2v) is 5.87. The Labute approximate surface area is 113 Å². The molecule has 0 radical (unpaired) electrons. The number of likely N-dealkylation sites (tertiary alicyclic amines) is 1. The van der Waals surface area contributed by atoms with E-state index >= 15 is 0 Å². The van der Waals surface area contributed by atoms with Crippen LogP contribution in [0.4, 0.5) is 0 Å². The standard InChI is InChI=1S/C15H20N2O2/c18-12-4-3-9-16-13(12)14(19)17-10-7-15(8-11-17)5-1-2-6-15/h3-4,9,18H,1-2,5-8,10-11H2. The molecule has 2 fully saturated rings. The molecule has 19 heavy (non-hydrogen) atoms. The van der Waals surface area contributed by atoms with E-state index in [0.29, 0.717) is 5.41 Å². The smallest absolute Gasteiger partial charge is 0.276 e. The first kappa shape index (κ1) is 12.5. The van der Waals surface area contributed by atoms with Crippen molar-refractivity contribution in [1.29, 1.82) is 0 Å². The number of aromatic nitrogens is 1. The summed E-state index contributed by atoms with van der Waals surface area (Å²) in [5.74, 6) is -0.153. The second kappa shape index (κ2) is 4.83. The highest BCUT2D eigenvalue weighted by atomic mass is 16.3. The molecule has 1 aliphatic carbocycles. The van der Waals surface area contributed by atoms with Gasteiger partial charge in [-0.15, -0.1) is 0 Å². The van der Waals surface area contributed by atoms with E-state index < -0.39 is 0 Å². The Morgan fingerprint density at radius 2 is 1.89 bits per heavy atom. The lowest BCUT2D eigenvalue weighted by Crippen LogP contribution is -2.42. The maximum atomic E-state index is 12.3. The summed E-state index contributed by atoms with van der Waals surface area (Å²) in [5.41, 5.74) is 0.688. The molecule has 1 aromatic heterocycles. The summed E-state index contributed by atoms with van der Waals surface area (Å²) in [7, 11) is 0. The zero-order valence-electron chi connectivity index (χ0n) is 11.1. The topological polar surface area (TPSA) is 53.4 Å². The van der Waals surface area contributed by atoms with E-state index in [2.05, 4.69) is 4.98 Å². The zero-order valence-corrected chi connectivity index (χ0v) is 11.1. The normalized spacial score (nSPS) is 21.8. The van der Waals surface area contributed by atoms with Gasteiger partial charge in [0.1, 0.15) is 5.75 Å². The van der Waals surface area contributed by atoms with Gasteiger partial charge in [-0.05, 0) is 43.2 Å². The fourth-order valence-electron chi connectivity index (χ4n) is 3.52. The third kappa shape index (κ3) is 2.31. The number of piperidine rings is 1. The molecular formula is C15H20N2O2. The van der Waals surface area contributed by atoms with Crippen LogP contribution >= 0.6 is 0 Å². The van der Waals surface area contributed by atoms with Gasteiger partial charge in [-0.2, -0.15) is 0 Å². The molecule has 1 spiro atoms. The van der Waals surface area contributed by atoms with Gasteiger partial charge in [-0.25, -0.2) is 4.98 Å². The zero-order chi connectivity index (χ0) is 13.3. The molecular weight excluding hydrogens is 240 g/mol. The summed E-state index contributed by atoms with van der Waals surface area (Å²) in [4.78, 5) is 18.2. The number of hydrogen-bond donors (Lipinski definition) is 1. The van der Waals surface area contributed by atoms with Gasteiger partial charge in [-0.1, -0.05) is 12.8 Å². The van der Waals surface area contributed by atoms with Crippen molar-refractivity contribution in [3.8, 4) is 5.75 Å². The second-order valence-electron chi connectivity index (χ2n) is 5.87. The van der Waals surface area contributed by atoms with Crippen LogP contribution in [0.1, 0.15) is 49.0 Å². The maximum absolute atomic E-state index is 12.3. The van der Waals surface area contributed by atoms with Crippen molar-refractivity contribution in [2.75, 3.05) is 13.1 Å². The van der Waals surface area contributed by atoms with E-state index in [-0.39, 0.29) is 17.4 Å². The van der Waals surface area contributed by atoms with Crippen LogP contribution in [0.2, 0.25) is 0 Å². The highest BCUT2D eigenvalue weighted by Gasteiger charge is 2.38. The first-order valence-corrected chi connectivity index (χ1v) is 7.14. The summed E-state index contributed by atoms with van der Waals surface area (Å²) in [6, 6.07) is 3.15. The number of carbonyl (C=O) groups is 1. The minimum Gasteiger partial charge on any atom is -0.505 e. The Kier molecular flexibility index (Phi) is 3.17. The minimum absolute atomic E-state index is 0.0198. The van der Waals surface area contributed by atoms with E-state index in [0.717, 1.165) is 25.9 Å². The monoisotopic (exact) mass is 260 g/mol. The fraction of sp³-hybridized carbons (Fsp3) is 0.600. The number of aromatic hydroxyl groups is 1. The van der Waals surface area contributed by atoms with Crippen molar-refractivity contribution in [1.82, 2.24) is 9.88 Å². The summed E-state index contributed by atoms with van der Waals surface area (Å²) < 4.78 is 0. The van der Waals surface area contributed by atoms with Crippen LogP contribution in [-0.4, -0.2) is 34.0 Å². The van der Waals surface area contributed by atoms with Crippen LogP contribution in [0.15, 0.2) is 18.3 Å². The van der Waals surface area contributed by atoms with Crippen LogP contribution in [-0.2, 0) is 0 Å². The average molecular weight is 260 g/mol. The molecule has 1 amide bonds. The van der Waals surface area contributed by atoms with Crippen molar-refractivity contribution >= 4 is 5.91 Å². The fourth-order valence-corrected chi connectivity index (χ4v) is 3.52. The van der Waals surface area contributed by atoms with E-state index in [1.165, 1.54) is 31.7 Å². The minimum atomic E-state index is -0.133. The number of amides is 1. The lowest BCUT2D eigenvalue weighted by molar-refractivity contribution is 0.0579. The van der Waals surface area contributed by atoms with Crippen LogP contribution in [0.25, 0.3) is 0 Å². The molecule has 1 aromatic rings. The number of hydrogen-bond acceptors (Lipinski definition) is 3. The Morgan fingerprint density at radius 1 is 1.21 bits per heavy atom. The van der Waals surface area contributed by atoms with Crippen molar-refractivity contribution in [2.24, 2.45) is 5.41 Å². The van der Waals surface area contributed by atoms with Gasteiger partial charge >= 0.3 is 0 Å². The Morgan fingerprint density at radius 3 is 2.53 bits per heavy atom. The summed E-state index contributed by atoms with van der Waals surface area (Å²) in [6.07, 6.45) is 9.09. The molecule has 1 aliphatic heterocycles. The molecule has 0 unspecified atom stereocenters. The highest BCUT2D eigenvalue weighted by Crippen LogP contribution is 2.46. The highest BCUT2D eigenvalue weighted by molar-refractivity contribution is 5.94. The van der Waals surface area contributed by atoms with Crippen molar-refractivity contribution in [2.45, 2.75) is 38.5 Å². The quantitative estimate of drug-likeness (QED) is 0.844. The largest absolute Gasteiger partial charge is 0.505 e. The van der Waals surface area contributed by atoms with Gasteiger partial charge < -0.3 is 10.0 Å². The third-order valence-corrected chi connectivity index (χ3v) is 4.76. The summed E-state index contributed by atoms with van der Waals surface area (Å²) >= 11 is 0. The Balaban J connectivity index is 1.68. The Bertz CT molecular complexity index is 471.